The molecule has 2 saturated heterocycles. The Bertz CT molecular complexity index is 227. The molecule has 4 heteroatoms. The third-order valence-corrected chi connectivity index (χ3v) is 4.13. The quantitative estimate of drug-likeness (QED) is 0.770. The summed E-state index contributed by atoms with van der Waals surface area (Å²) in [7, 11) is 1.82. The molecule has 0 saturated carbocycles. The van der Waals surface area contributed by atoms with Crippen molar-refractivity contribution in [2.24, 2.45) is 0 Å². The van der Waals surface area contributed by atoms with Crippen LogP contribution in [-0.4, -0.2) is 74.4 Å². The molecule has 0 aromatic heterocycles. The highest BCUT2D eigenvalue weighted by atomic mass is 16.5. The smallest absolute Gasteiger partial charge is 0.0711 e. The zero-order valence-corrected chi connectivity index (χ0v) is 11.5. The van der Waals surface area contributed by atoms with Gasteiger partial charge in [-0.2, -0.15) is 0 Å². The average molecular weight is 241 g/mol. The molecule has 2 fully saturated rings. The van der Waals surface area contributed by atoms with E-state index < -0.39 is 0 Å². The van der Waals surface area contributed by atoms with Crippen molar-refractivity contribution in [1.29, 1.82) is 0 Å². The van der Waals surface area contributed by atoms with Crippen LogP contribution in [-0.2, 0) is 4.74 Å². The summed E-state index contributed by atoms with van der Waals surface area (Å²) in [5, 5.41) is 3.56. The Kier molecular flexibility index (Phi) is 4.79. The van der Waals surface area contributed by atoms with Gasteiger partial charge in [0.05, 0.1) is 6.10 Å². The molecule has 0 aromatic rings. The molecule has 2 aliphatic rings. The Hall–Kier alpha value is -0.160. The minimum atomic E-state index is 0.428. The largest absolute Gasteiger partial charge is 0.380 e. The third kappa shape index (κ3) is 3.65. The van der Waals surface area contributed by atoms with Gasteiger partial charge < -0.3 is 10.1 Å². The first kappa shape index (κ1) is 13.3. The molecule has 0 bridgehead atoms. The Balaban J connectivity index is 1.68. The van der Waals surface area contributed by atoms with Crippen molar-refractivity contribution in [2.75, 3.05) is 46.4 Å². The van der Waals surface area contributed by atoms with E-state index in [1.807, 2.05) is 7.11 Å². The molecule has 0 spiro atoms. The Morgan fingerprint density at radius 3 is 2.47 bits per heavy atom. The third-order valence-electron chi connectivity index (χ3n) is 4.13. The topological polar surface area (TPSA) is 27.7 Å². The minimum Gasteiger partial charge on any atom is -0.380 e. The van der Waals surface area contributed by atoms with Crippen LogP contribution in [0.25, 0.3) is 0 Å². The normalized spacial score (nSPS) is 32.5. The van der Waals surface area contributed by atoms with Crippen LogP contribution in [0.1, 0.15) is 20.3 Å². The highest BCUT2D eigenvalue weighted by molar-refractivity contribution is 4.86. The second-order valence-electron chi connectivity index (χ2n) is 5.63. The van der Waals surface area contributed by atoms with Gasteiger partial charge >= 0.3 is 0 Å². The van der Waals surface area contributed by atoms with Gasteiger partial charge in [-0.1, -0.05) is 0 Å². The molecular weight excluding hydrogens is 214 g/mol. The maximum Gasteiger partial charge on any atom is 0.0711 e. The van der Waals surface area contributed by atoms with Crippen molar-refractivity contribution in [2.45, 2.75) is 38.5 Å². The van der Waals surface area contributed by atoms with E-state index in [1.54, 1.807) is 0 Å². The molecule has 2 heterocycles. The number of nitrogens with zero attached hydrogens (tertiary/aromatic N) is 2. The monoisotopic (exact) mass is 241 g/mol. The van der Waals surface area contributed by atoms with Crippen molar-refractivity contribution in [1.82, 2.24) is 15.1 Å². The van der Waals surface area contributed by atoms with E-state index in [0.717, 1.165) is 6.54 Å². The predicted molar refractivity (Wildman–Crippen MR) is 70.4 cm³/mol. The van der Waals surface area contributed by atoms with E-state index in [0.29, 0.717) is 18.2 Å². The molecule has 17 heavy (non-hydrogen) atoms. The molecule has 1 N–H and O–H groups in total. The van der Waals surface area contributed by atoms with Gasteiger partial charge in [0, 0.05) is 58.5 Å². The average Bonchev–Trinajstić information content (AvgIpc) is 2.77. The standard InChI is InChI=1S/C13H27N3O/c1-11(2)16-6-4-15(5-7-16)10-12-8-13(17-3)9-14-12/h11-14H,4-10H2,1-3H3. The SMILES string of the molecule is COC1CNC(CN2CCN(C(C)C)CC2)C1. The highest BCUT2D eigenvalue weighted by Gasteiger charge is 2.27. The molecule has 2 aliphatic heterocycles. The van der Waals surface area contributed by atoms with E-state index in [1.165, 1.54) is 39.1 Å². The number of hydrogen-bond acceptors (Lipinski definition) is 4. The van der Waals surface area contributed by atoms with E-state index >= 15 is 0 Å². The number of piperazine rings is 1. The summed E-state index contributed by atoms with van der Waals surface area (Å²) in [4.78, 5) is 5.16. The lowest BCUT2D eigenvalue weighted by Gasteiger charge is -2.37. The van der Waals surface area contributed by atoms with Crippen molar-refractivity contribution in [3.8, 4) is 0 Å². The van der Waals surface area contributed by atoms with E-state index in [2.05, 4.69) is 29.0 Å². The number of rotatable bonds is 4. The van der Waals surface area contributed by atoms with Gasteiger partial charge in [0.2, 0.25) is 0 Å². The lowest BCUT2D eigenvalue weighted by molar-refractivity contribution is 0.0960. The molecule has 0 amide bonds. The van der Waals surface area contributed by atoms with Crippen LogP contribution in [0.2, 0.25) is 0 Å². The van der Waals surface area contributed by atoms with Gasteiger partial charge in [0.25, 0.3) is 0 Å². The van der Waals surface area contributed by atoms with E-state index in [9.17, 15) is 0 Å². The molecule has 2 rings (SSSR count). The van der Waals surface area contributed by atoms with Gasteiger partial charge in [-0.05, 0) is 20.3 Å². The minimum absolute atomic E-state index is 0.428. The van der Waals surface area contributed by atoms with Crippen molar-refractivity contribution in [3.05, 3.63) is 0 Å². The Morgan fingerprint density at radius 2 is 1.94 bits per heavy atom. The number of methoxy groups -OCH3 is 1. The number of nitrogens with one attached hydrogen (secondary N) is 1. The van der Waals surface area contributed by atoms with Gasteiger partial charge in [-0.3, -0.25) is 9.80 Å². The number of hydrogen-bond donors (Lipinski definition) is 1. The molecule has 4 nitrogen and oxygen atoms in total. The lowest BCUT2D eigenvalue weighted by atomic mass is 10.1. The summed E-state index contributed by atoms with van der Waals surface area (Å²) >= 11 is 0. The van der Waals surface area contributed by atoms with Crippen LogP contribution in [0.3, 0.4) is 0 Å². The summed E-state index contributed by atoms with van der Waals surface area (Å²) in [5.41, 5.74) is 0. The molecular formula is C13H27N3O. The van der Waals surface area contributed by atoms with E-state index in [-0.39, 0.29) is 0 Å². The summed E-state index contributed by atoms with van der Waals surface area (Å²) in [5.74, 6) is 0. The van der Waals surface area contributed by atoms with Gasteiger partial charge in [-0.15, -0.1) is 0 Å². The fourth-order valence-corrected chi connectivity index (χ4v) is 2.87. The summed E-state index contributed by atoms with van der Waals surface area (Å²) in [6.45, 7) is 11.7. The van der Waals surface area contributed by atoms with Crippen LogP contribution in [0.15, 0.2) is 0 Å². The Labute approximate surface area is 105 Å². The predicted octanol–water partition coefficient (Wildman–Crippen LogP) is 0.389. The first-order chi connectivity index (χ1) is 8.19. The van der Waals surface area contributed by atoms with Crippen molar-refractivity contribution < 1.29 is 4.74 Å². The fraction of sp³-hybridized carbons (Fsp3) is 1.00. The van der Waals surface area contributed by atoms with Crippen LogP contribution in [0.5, 0.6) is 0 Å². The van der Waals surface area contributed by atoms with Crippen molar-refractivity contribution in [3.63, 3.8) is 0 Å². The molecule has 100 valence electrons. The first-order valence-electron chi connectivity index (χ1n) is 6.91. The molecule has 2 unspecified atom stereocenters. The van der Waals surface area contributed by atoms with Gasteiger partial charge in [0.15, 0.2) is 0 Å². The van der Waals surface area contributed by atoms with Crippen LogP contribution in [0.4, 0.5) is 0 Å². The second kappa shape index (κ2) is 6.14. The summed E-state index contributed by atoms with van der Waals surface area (Å²) < 4.78 is 5.39. The van der Waals surface area contributed by atoms with E-state index in [4.69, 9.17) is 4.74 Å². The van der Waals surface area contributed by atoms with Gasteiger partial charge in [-0.25, -0.2) is 0 Å². The molecule has 2 atom stereocenters. The van der Waals surface area contributed by atoms with Gasteiger partial charge in [0.1, 0.15) is 0 Å². The first-order valence-corrected chi connectivity index (χ1v) is 6.91. The zero-order valence-electron chi connectivity index (χ0n) is 11.5. The second-order valence-corrected chi connectivity index (χ2v) is 5.63. The maximum absolute atomic E-state index is 5.39. The molecule has 0 aromatic carbocycles. The van der Waals surface area contributed by atoms with Crippen LogP contribution < -0.4 is 5.32 Å². The summed E-state index contributed by atoms with van der Waals surface area (Å²) in [6.07, 6.45) is 1.60. The van der Waals surface area contributed by atoms with Crippen molar-refractivity contribution >= 4 is 0 Å². The maximum atomic E-state index is 5.39. The lowest BCUT2D eigenvalue weighted by Crippen LogP contribution is -2.51. The Morgan fingerprint density at radius 1 is 1.24 bits per heavy atom. The highest BCUT2D eigenvalue weighted by Crippen LogP contribution is 2.13. The molecule has 0 radical (unpaired) electrons. The fourth-order valence-electron chi connectivity index (χ4n) is 2.87. The summed E-state index contributed by atoms with van der Waals surface area (Å²) in [6, 6.07) is 1.32. The molecule has 0 aliphatic carbocycles. The zero-order chi connectivity index (χ0) is 12.3. The number of ether oxygens (including phenoxy) is 1. The van der Waals surface area contributed by atoms with Crippen LogP contribution >= 0.6 is 0 Å². The van der Waals surface area contributed by atoms with Crippen LogP contribution in [0, 0.1) is 0 Å².